The van der Waals surface area contributed by atoms with Crippen molar-refractivity contribution in [2.75, 3.05) is 18.0 Å². The minimum Gasteiger partial charge on any atom is -0.442 e. The van der Waals surface area contributed by atoms with Gasteiger partial charge in [-0.1, -0.05) is 6.07 Å². The Kier molecular flexibility index (Phi) is 3.55. The van der Waals surface area contributed by atoms with E-state index >= 15 is 0 Å². The lowest BCUT2D eigenvalue weighted by molar-refractivity contribution is 0.135. The number of carbonyl (C=O) groups is 1. The van der Waals surface area contributed by atoms with Gasteiger partial charge in [0.25, 0.3) is 0 Å². The Morgan fingerprint density at radius 1 is 1.21 bits per heavy atom. The van der Waals surface area contributed by atoms with Gasteiger partial charge in [-0.25, -0.2) is 14.8 Å². The van der Waals surface area contributed by atoms with Gasteiger partial charge in [0.1, 0.15) is 6.10 Å². The zero-order chi connectivity index (χ0) is 16.7. The molecular formula is C17H19N5O2. The highest BCUT2D eigenvalue weighted by atomic mass is 16.6. The van der Waals surface area contributed by atoms with Crippen LogP contribution in [0.15, 0.2) is 30.5 Å². The molecule has 2 aliphatic heterocycles. The highest BCUT2D eigenvalue weighted by Gasteiger charge is 2.48. The zero-order valence-corrected chi connectivity index (χ0v) is 13.7. The third kappa shape index (κ3) is 2.66. The van der Waals surface area contributed by atoms with Gasteiger partial charge in [-0.3, -0.25) is 9.88 Å². The van der Waals surface area contributed by atoms with Crippen LogP contribution in [0.1, 0.15) is 17.1 Å². The maximum atomic E-state index is 12.2. The summed E-state index contributed by atoms with van der Waals surface area (Å²) >= 11 is 0. The number of amides is 1. The first-order valence-electron chi connectivity index (χ1n) is 8.04. The van der Waals surface area contributed by atoms with Crippen LogP contribution >= 0.6 is 0 Å². The Labute approximate surface area is 140 Å². The highest BCUT2D eigenvalue weighted by Crippen LogP contribution is 2.30. The van der Waals surface area contributed by atoms with Gasteiger partial charge in [0.2, 0.25) is 5.95 Å². The molecule has 0 bridgehead atoms. The number of anilines is 1. The molecule has 124 valence electrons. The normalized spacial score (nSPS) is 22.7. The highest BCUT2D eigenvalue weighted by molar-refractivity contribution is 5.71. The van der Waals surface area contributed by atoms with E-state index in [0.717, 1.165) is 17.1 Å². The van der Waals surface area contributed by atoms with Crippen molar-refractivity contribution in [3.8, 4) is 0 Å². The predicted molar refractivity (Wildman–Crippen MR) is 87.6 cm³/mol. The van der Waals surface area contributed by atoms with E-state index < -0.39 is 0 Å². The number of fused-ring (bicyclic) bond motifs is 1. The summed E-state index contributed by atoms with van der Waals surface area (Å²) in [4.78, 5) is 29.4. The summed E-state index contributed by atoms with van der Waals surface area (Å²) in [6.07, 6.45) is 1.32. The fourth-order valence-electron chi connectivity index (χ4n) is 3.36. The van der Waals surface area contributed by atoms with Crippen LogP contribution in [-0.4, -0.2) is 51.2 Å². The van der Waals surface area contributed by atoms with Crippen molar-refractivity contribution in [2.24, 2.45) is 0 Å². The summed E-state index contributed by atoms with van der Waals surface area (Å²) in [6, 6.07) is 7.66. The predicted octanol–water partition coefficient (Wildman–Crippen LogP) is 1.70. The van der Waals surface area contributed by atoms with E-state index in [4.69, 9.17) is 4.74 Å². The van der Waals surface area contributed by atoms with Crippen LogP contribution < -0.4 is 4.90 Å². The zero-order valence-electron chi connectivity index (χ0n) is 13.7. The molecule has 0 aromatic carbocycles. The van der Waals surface area contributed by atoms with E-state index in [1.165, 1.54) is 0 Å². The minimum absolute atomic E-state index is 0.00363. The van der Waals surface area contributed by atoms with Crippen LogP contribution in [0.4, 0.5) is 10.7 Å². The molecule has 1 amide bonds. The minimum atomic E-state index is -0.267. The fourth-order valence-corrected chi connectivity index (χ4v) is 3.36. The maximum Gasteiger partial charge on any atom is 0.410 e. The number of nitrogens with zero attached hydrogens (tertiary/aromatic N) is 5. The number of ether oxygens (including phenoxy) is 1. The number of hydrogen-bond donors (Lipinski definition) is 0. The molecule has 0 saturated carbocycles. The molecule has 24 heavy (non-hydrogen) atoms. The third-order valence-corrected chi connectivity index (χ3v) is 4.44. The standard InChI is InChI=1S/C17H19N5O2/c1-11-7-12(2)20-16(19-11)21-9-14-15(10-21)24-17(23)22(14)8-13-5-3-4-6-18-13/h3-7,14-15H,8-10H2,1-2H3/t14-,15+/m1/s1. The SMILES string of the molecule is Cc1cc(C)nc(N2C[C@@H]3OC(=O)N(Cc4ccccn4)[C@@H]3C2)n1. The van der Waals surface area contributed by atoms with E-state index in [9.17, 15) is 4.79 Å². The van der Waals surface area contributed by atoms with Crippen molar-refractivity contribution >= 4 is 12.0 Å². The summed E-state index contributed by atoms with van der Waals surface area (Å²) < 4.78 is 5.54. The summed E-state index contributed by atoms with van der Waals surface area (Å²) in [5.74, 6) is 0.704. The van der Waals surface area contributed by atoms with Crippen LogP contribution in [0.2, 0.25) is 0 Å². The van der Waals surface area contributed by atoms with E-state index in [0.29, 0.717) is 25.6 Å². The molecule has 4 heterocycles. The maximum absolute atomic E-state index is 12.2. The molecule has 7 nitrogen and oxygen atoms in total. The molecule has 7 heteroatoms. The van der Waals surface area contributed by atoms with E-state index in [1.807, 2.05) is 38.1 Å². The van der Waals surface area contributed by atoms with Crippen LogP contribution in [0, 0.1) is 13.8 Å². The van der Waals surface area contributed by atoms with Gasteiger partial charge in [-0.2, -0.15) is 0 Å². The monoisotopic (exact) mass is 325 g/mol. The largest absolute Gasteiger partial charge is 0.442 e. The number of hydrogen-bond acceptors (Lipinski definition) is 6. The molecular weight excluding hydrogens is 306 g/mol. The van der Waals surface area contributed by atoms with Crippen molar-refractivity contribution < 1.29 is 9.53 Å². The molecule has 2 fully saturated rings. The van der Waals surface area contributed by atoms with Crippen molar-refractivity contribution in [3.63, 3.8) is 0 Å². The number of pyridine rings is 1. The number of aromatic nitrogens is 3. The third-order valence-electron chi connectivity index (χ3n) is 4.44. The van der Waals surface area contributed by atoms with Gasteiger partial charge in [0, 0.05) is 24.1 Å². The second kappa shape index (κ2) is 5.74. The molecule has 0 radical (unpaired) electrons. The number of rotatable bonds is 3. The smallest absolute Gasteiger partial charge is 0.410 e. The van der Waals surface area contributed by atoms with Crippen LogP contribution in [-0.2, 0) is 11.3 Å². The lowest BCUT2D eigenvalue weighted by Crippen LogP contribution is -2.38. The van der Waals surface area contributed by atoms with Gasteiger partial charge in [-0.05, 0) is 32.0 Å². The summed E-state index contributed by atoms with van der Waals surface area (Å²) in [7, 11) is 0. The van der Waals surface area contributed by atoms with Gasteiger partial charge >= 0.3 is 6.09 Å². The molecule has 0 spiro atoms. The van der Waals surface area contributed by atoms with E-state index in [2.05, 4.69) is 19.9 Å². The molecule has 2 saturated heterocycles. The first-order chi connectivity index (χ1) is 11.6. The van der Waals surface area contributed by atoms with Crippen LogP contribution in [0.5, 0.6) is 0 Å². The summed E-state index contributed by atoms with van der Waals surface area (Å²) in [6.45, 7) is 5.68. The Bertz CT molecular complexity index is 747. The van der Waals surface area contributed by atoms with E-state index in [1.54, 1.807) is 11.1 Å². The van der Waals surface area contributed by atoms with Gasteiger partial charge in [0.05, 0.1) is 24.8 Å². The Morgan fingerprint density at radius 3 is 2.71 bits per heavy atom. The average molecular weight is 325 g/mol. The van der Waals surface area contributed by atoms with Crippen molar-refractivity contribution in [1.29, 1.82) is 0 Å². The number of carbonyl (C=O) groups excluding carboxylic acids is 1. The Balaban J connectivity index is 1.53. The van der Waals surface area contributed by atoms with Crippen molar-refractivity contribution in [3.05, 3.63) is 47.5 Å². The quantitative estimate of drug-likeness (QED) is 0.855. The fraction of sp³-hybridized carbons (Fsp3) is 0.412. The molecule has 2 aliphatic rings. The average Bonchev–Trinajstić information content (AvgIpc) is 3.07. The molecule has 2 atom stereocenters. The first kappa shape index (κ1) is 14.9. The molecule has 4 rings (SSSR count). The first-order valence-corrected chi connectivity index (χ1v) is 8.04. The topological polar surface area (TPSA) is 71.5 Å². The lowest BCUT2D eigenvalue weighted by Gasteiger charge is -2.22. The van der Waals surface area contributed by atoms with Gasteiger partial charge < -0.3 is 9.64 Å². The Morgan fingerprint density at radius 2 is 2.00 bits per heavy atom. The number of aryl methyl sites for hydroxylation is 2. The van der Waals surface area contributed by atoms with E-state index in [-0.39, 0.29) is 18.2 Å². The van der Waals surface area contributed by atoms with Crippen LogP contribution in [0.25, 0.3) is 0 Å². The van der Waals surface area contributed by atoms with Gasteiger partial charge in [0.15, 0.2) is 0 Å². The molecule has 0 unspecified atom stereocenters. The summed E-state index contributed by atoms with van der Waals surface area (Å²) in [5.41, 5.74) is 2.74. The molecule has 0 aliphatic carbocycles. The second-order valence-corrected chi connectivity index (χ2v) is 6.29. The molecule has 0 N–H and O–H groups in total. The second-order valence-electron chi connectivity index (χ2n) is 6.29. The van der Waals surface area contributed by atoms with Gasteiger partial charge in [-0.15, -0.1) is 0 Å². The van der Waals surface area contributed by atoms with Crippen molar-refractivity contribution in [2.45, 2.75) is 32.5 Å². The van der Waals surface area contributed by atoms with Crippen molar-refractivity contribution in [1.82, 2.24) is 19.9 Å². The molecule has 2 aromatic heterocycles. The summed E-state index contributed by atoms with van der Waals surface area (Å²) in [5, 5.41) is 0. The Hall–Kier alpha value is -2.70. The molecule has 2 aromatic rings. The van der Waals surface area contributed by atoms with Crippen LogP contribution in [0.3, 0.4) is 0 Å². The lowest BCUT2D eigenvalue weighted by atomic mass is 10.2.